The summed E-state index contributed by atoms with van der Waals surface area (Å²) in [6.45, 7) is 11.3. The first-order valence-electron chi connectivity index (χ1n) is 5.65. The Balaban J connectivity index is 2.74. The van der Waals surface area contributed by atoms with Gasteiger partial charge < -0.3 is 4.74 Å². The highest BCUT2D eigenvalue weighted by molar-refractivity contribution is 5.82. The number of allylic oxidation sites excluding steroid dienone is 1. The minimum absolute atomic E-state index is 0.194. The van der Waals surface area contributed by atoms with Crippen LogP contribution in [0.15, 0.2) is 11.6 Å². The Morgan fingerprint density at radius 1 is 1.27 bits per heavy atom. The standard InChI is InChI=1S/C13H22O2/c1-6-15-11(14)7-10-8-12(2,3)13(4,5)9-10/h7H,6,8-9H2,1-5H3. The van der Waals surface area contributed by atoms with Crippen molar-refractivity contribution in [3.05, 3.63) is 11.6 Å². The first kappa shape index (κ1) is 12.3. The van der Waals surface area contributed by atoms with E-state index in [4.69, 9.17) is 4.74 Å². The molecule has 0 N–H and O–H groups in total. The second-order valence-electron chi connectivity index (χ2n) is 5.68. The van der Waals surface area contributed by atoms with E-state index in [1.807, 2.05) is 6.92 Å². The minimum Gasteiger partial charge on any atom is -0.463 e. The van der Waals surface area contributed by atoms with Gasteiger partial charge in [-0.05, 0) is 30.6 Å². The molecule has 0 aromatic carbocycles. The van der Waals surface area contributed by atoms with Gasteiger partial charge in [0.25, 0.3) is 0 Å². The second kappa shape index (κ2) is 3.99. The van der Waals surface area contributed by atoms with Gasteiger partial charge in [-0.25, -0.2) is 4.79 Å². The minimum atomic E-state index is -0.194. The van der Waals surface area contributed by atoms with Crippen LogP contribution in [-0.4, -0.2) is 12.6 Å². The quantitative estimate of drug-likeness (QED) is 0.516. The van der Waals surface area contributed by atoms with Gasteiger partial charge in [-0.15, -0.1) is 0 Å². The van der Waals surface area contributed by atoms with Crippen LogP contribution >= 0.6 is 0 Å². The van der Waals surface area contributed by atoms with E-state index in [0.717, 1.165) is 12.8 Å². The van der Waals surface area contributed by atoms with Crippen LogP contribution in [0.1, 0.15) is 47.5 Å². The lowest BCUT2D eigenvalue weighted by Crippen LogP contribution is -2.25. The maximum Gasteiger partial charge on any atom is 0.330 e. The molecule has 2 heteroatoms. The fourth-order valence-electron chi connectivity index (χ4n) is 2.13. The third kappa shape index (κ3) is 2.61. The maximum atomic E-state index is 11.3. The lowest BCUT2D eigenvalue weighted by molar-refractivity contribution is -0.137. The highest BCUT2D eigenvalue weighted by atomic mass is 16.5. The number of hydrogen-bond acceptors (Lipinski definition) is 2. The Bertz CT molecular complexity index is 267. The van der Waals surface area contributed by atoms with Gasteiger partial charge in [0.15, 0.2) is 0 Å². The summed E-state index contributed by atoms with van der Waals surface area (Å²) in [4.78, 5) is 11.3. The third-order valence-electron chi connectivity index (χ3n) is 3.78. The number of rotatable bonds is 2. The molecule has 1 aliphatic carbocycles. The normalized spacial score (nSPS) is 22.6. The molecule has 0 saturated heterocycles. The first-order chi connectivity index (χ1) is 6.78. The number of hydrogen-bond donors (Lipinski definition) is 0. The Labute approximate surface area is 92.7 Å². The number of ether oxygens (including phenoxy) is 1. The first-order valence-corrected chi connectivity index (χ1v) is 5.65. The van der Waals surface area contributed by atoms with Crippen molar-refractivity contribution in [2.45, 2.75) is 47.5 Å². The van der Waals surface area contributed by atoms with E-state index in [1.54, 1.807) is 6.08 Å². The van der Waals surface area contributed by atoms with Gasteiger partial charge >= 0.3 is 5.97 Å². The molecule has 1 aliphatic rings. The van der Waals surface area contributed by atoms with E-state index in [0.29, 0.717) is 6.61 Å². The average molecular weight is 210 g/mol. The van der Waals surface area contributed by atoms with Crippen molar-refractivity contribution < 1.29 is 9.53 Å². The molecule has 0 aromatic rings. The number of esters is 1. The average Bonchev–Trinajstić information content (AvgIpc) is 2.19. The Morgan fingerprint density at radius 2 is 1.73 bits per heavy atom. The summed E-state index contributed by atoms with van der Waals surface area (Å²) in [5, 5.41) is 0. The molecule has 0 heterocycles. The highest BCUT2D eigenvalue weighted by Crippen LogP contribution is 2.54. The van der Waals surface area contributed by atoms with Gasteiger partial charge in [-0.2, -0.15) is 0 Å². The molecule has 1 rings (SSSR count). The van der Waals surface area contributed by atoms with Crippen LogP contribution in [0.4, 0.5) is 0 Å². The lowest BCUT2D eigenvalue weighted by Gasteiger charge is -2.34. The second-order valence-corrected chi connectivity index (χ2v) is 5.68. The summed E-state index contributed by atoms with van der Waals surface area (Å²) in [7, 11) is 0. The van der Waals surface area contributed by atoms with Crippen LogP contribution in [0.3, 0.4) is 0 Å². The van der Waals surface area contributed by atoms with E-state index in [9.17, 15) is 4.79 Å². The van der Waals surface area contributed by atoms with Crippen LogP contribution in [0, 0.1) is 10.8 Å². The third-order valence-corrected chi connectivity index (χ3v) is 3.78. The highest BCUT2D eigenvalue weighted by Gasteiger charge is 2.43. The SMILES string of the molecule is CCOC(=O)C=C1CC(C)(C)C(C)(C)C1. The molecular formula is C13H22O2. The topological polar surface area (TPSA) is 26.3 Å². The van der Waals surface area contributed by atoms with Crippen molar-refractivity contribution in [2.75, 3.05) is 6.61 Å². The number of carbonyl (C=O) groups is 1. The van der Waals surface area contributed by atoms with Crippen molar-refractivity contribution in [1.29, 1.82) is 0 Å². The summed E-state index contributed by atoms with van der Waals surface area (Å²) < 4.78 is 4.92. The molecule has 0 atom stereocenters. The largest absolute Gasteiger partial charge is 0.463 e. The Morgan fingerprint density at radius 3 is 2.13 bits per heavy atom. The van der Waals surface area contributed by atoms with E-state index in [2.05, 4.69) is 27.7 Å². The summed E-state index contributed by atoms with van der Waals surface area (Å²) in [6, 6.07) is 0. The fourth-order valence-corrected chi connectivity index (χ4v) is 2.13. The molecule has 0 spiro atoms. The Kier molecular flexibility index (Phi) is 3.27. The summed E-state index contributed by atoms with van der Waals surface area (Å²) in [5.74, 6) is -0.194. The molecule has 0 aliphatic heterocycles. The molecule has 15 heavy (non-hydrogen) atoms. The zero-order chi connectivity index (χ0) is 11.7. The van der Waals surface area contributed by atoms with Gasteiger partial charge in [0.1, 0.15) is 0 Å². The predicted octanol–water partition coefficient (Wildman–Crippen LogP) is 3.32. The van der Waals surface area contributed by atoms with Gasteiger partial charge in [-0.1, -0.05) is 33.3 Å². The molecule has 86 valence electrons. The summed E-state index contributed by atoms with van der Waals surface area (Å²) in [6.07, 6.45) is 3.68. The van der Waals surface area contributed by atoms with Crippen LogP contribution in [-0.2, 0) is 9.53 Å². The summed E-state index contributed by atoms with van der Waals surface area (Å²) >= 11 is 0. The van der Waals surface area contributed by atoms with E-state index < -0.39 is 0 Å². The van der Waals surface area contributed by atoms with Crippen molar-refractivity contribution in [3.8, 4) is 0 Å². The molecule has 0 amide bonds. The van der Waals surface area contributed by atoms with Crippen LogP contribution < -0.4 is 0 Å². The van der Waals surface area contributed by atoms with Gasteiger partial charge in [-0.3, -0.25) is 0 Å². The van der Waals surface area contributed by atoms with Crippen LogP contribution in [0.2, 0.25) is 0 Å². The van der Waals surface area contributed by atoms with Crippen molar-refractivity contribution in [3.63, 3.8) is 0 Å². The van der Waals surface area contributed by atoms with E-state index in [-0.39, 0.29) is 16.8 Å². The van der Waals surface area contributed by atoms with Crippen molar-refractivity contribution in [2.24, 2.45) is 10.8 Å². The zero-order valence-electron chi connectivity index (χ0n) is 10.5. The molecule has 0 radical (unpaired) electrons. The zero-order valence-corrected chi connectivity index (χ0v) is 10.5. The smallest absolute Gasteiger partial charge is 0.330 e. The maximum absolute atomic E-state index is 11.3. The molecule has 1 fully saturated rings. The van der Waals surface area contributed by atoms with Gasteiger partial charge in [0.2, 0.25) is 0 Å². The summed E-state index contributed by atoms with van der Waals surface area (Å²) in [5.41, 5.74) is 1.76. The van der Waals surface area contributed by atoms with Gasteiger partial charge in [0, 0.05) is 6.08 Å². The lowest BCUT2D eigenvalue weighted by atomic mass is 9.71. The fraction of sp³-hybridized carbons (Fsp3) is 0.769. The Hall–Kier alpha value is -0.790. The molecule has 0 aromatic heterocycles. The molecule has 2 nitrogen and oxygen atoms in total. The molecule has 0 bridgehead atoms. The number of carbonyl (C=O) groups excluding carboxylic acids is 1. The van der Waals surface area contributed by atoms with Crippen LogP contribution in [0.5, 0.6) is 0 Å². The molecule has 1 saturated carbocycles. The van der Waals surface area contributed by atoms with Crippen LogP contribution in [0.25, 0.3) is 0 Å². The monoisotopic (exact) mass is 210 g/mol. The van der Waals surface area contributed by atoms with Gasteiger partial charge in [0.05, 0.1) is 6.61 Å². The van der Waals surface area contributed by atoms with Crippen molar-refractivity contribution in [1.82, 2.24) is 0 Å². The predicted molar refractivity (Wildman–Crippen MR) is 61.5 cm³/mol. The molecule has 0 unspecified atom stereocenters. The van der Waals surface area contributed by atoms with E-state index in [1.165, 1.54) is 5.57 Å². The van der Waals surface area contributed by atoms with E-state index >= 15 is 0 Å². The van der Waals surface area contributed by atoms with Crippen molar-refractivity contribution >= 4 is 5.97 Å². The molecular weight excluding hydrogens is 188 g/mol.